The van der Waals surface area contributed by atoms with Gasteiger partial charge in [-0.15, -0.1) is 0 Å². The molecular formula is C40H46O6P2. The van der Waals surface area contributed by atoms with E-state index in [4.69, 9.17) is 22.6 Å². The third-order valence-corrected chi connectivity index (χ3v) is 9.12. The molecule has 8 heteroatoms. The van der Waals surface area contributed by atoms with Crippen LogP contribution in [-0.4, -0.2) is 4.89 Å². The second-order valence-electron chi connectivity index (χ2n) is 12.1. The second-order valence-corrected chi connectivity index (χ2v) is 13.9. The molecule has 1 N–H and O–H groups in total. The molecule has 0 saturated carbocycles. The molecule has 48 heavy (non-hydrogen) atoms. The van der Waals surface area contributed by atoms with Crippen molar-refractivity contribution in [3.05, 3.63) is 149 Å². The molecule has 6 nitrogen and oxygen atoms in total. The molecule has 252 valence electrons. The highest BCUT2D eigenvalue weighted by molar-refractivity contribution is 7.42. The van der Waals surface area contributed by atoms with Crippen LogP contribution in [0.25, 0.3) is 6.08 Å². The molecular weight excluding hydrogens is 638 g/mol. The van der Waals surface area contributed by atoms with Crippen LogP contribution in [0.1, 0.15) is 88.5 Å². The van der Waals surface area contributed by atoms with Crippen LogP contribution in [0.3, 0.4) is 0 Å². The van der Waals surface area contributed by atoms with Crippen LogP contribution in [0.5, 0.6) is 23.0 Å². The van der Waals surface area contributed by atoms with Crippen LogP contribution < -0.4 is 18.1 Å². The molecule has 0 bridgehead atoms. The molecule has 4 aromatic rings. The Bertz CT molecular complexity index is 1640. The van der Waals surface area contributed by atoms with Crippen molar-refractivity contribution in [2.45, 2.75) is 66.2 Å². The number of benzene rings is 4. The van der Waals surface area contributed by atoms with Gasteiger partial charge in [-0.1, -0.05) is 139 Å². The van der Waals surface area contributed by atoms with Crippen molar-refractivity contribution < 1.29 is 27.5 Å². The highest BCUT2D eigenvalue weighted by Crippen LogP contribution is 2.47. The largest absolute Gasteiger partial charge is 0.529 e. The molecule has 0 aliphatic carbocycles. The molecule has 0 aliphatic heterocycles. The van der Waals surface area contributed by atoms with Crippen molar-refractivity contribution in [1.82, 2.24) is 0 Å². The van der Waals surface area contributed by atoms with Crippen molar-refractivity contribution in [2.75, 3.05) is 0 Å². The van der Waals surface area contributed by atoms with Crippen molar-refractivity contribution >= 4 is 23.3 Å². The third kappa shape index (κ3) is 11.0. The highest BCUT2D eigenvalue weighted by atomic mass is 31.2. The summed E-state index contributed by atoms with van der Waals surface area (Å²) in [7, 11) is -3.98. The summed E-state index contributed by atoms with van der Waals surface area (Å²) in [6, 6.07) is 31.2. The van der Waals surface area contributed by atoms with Crippen molar-refractivity contribution in [1.29, 1.82) is 0 Å². The van der Waals surface area contributed by atoms with Crippen molar-refractivity contribution in [2.24, 2.45) is 0 Å². The maximum Gasteiger partial charge on any atom is 0.529 e. The van der Waals surface area contributed by atoms with E-state index in [1.807, 2.05) is 122 Å². The number of para-hydroxylation sites is 4. The number of rotatable bonds is 16. The summed E-state index contributed by atoms with van der Waals surface area (Å²) in [4.78, 5) is 10.6. The minimum atomic E-state index is -2.18. The summed E-state index contributed by atoms with van der Waals surface area (Å²) in [5, 5.41) is 0. The Labute approximate surface area is 288 Å². The van der Waals surface area contributed by atoms with E-state index in [0.717, 1.165) is 33.8 Å². The highest BCUT2D eigenvalue weighted by Gasteiger charge is 2.23. The molecule has 0 heterocycles. The monoisotopic (exact) mass is 684 g/mol. The van der Waals surface area contributed by atoms with E-state index in [9.17, 15) is 4.89 Å². The molecule has 0 saturated heterocycles. The molecule has 0 aromatic heterocycles. The van der Waals surface area contributed by atoms with E-state index in [0.29, 0.717) is 17.3 Å². The Kier molecular flexibility index (Phi) is 14.1. The van der Waals surface area contributed by atoms with E-state index in [1.54, 1.807) is 0 Å². The van der Waals surface area contributed by atoms with E-state index < -0.39 is 17.2 Å². The molecule has 0 radical (unpaired) electrons. The smallest absolute Gasteiger partial charge is 0.418 e. The Morgan fingerprint density at radius 2 is 0.958 bits per heavy atom. The van der Waals surface area contributed by atoms with Gasteiger partial charge in [0.05, 0.1) is 0 Å². The van der Waals surface area contributed by atoms with Crippen LogP contribution >= 0.6 is 17.2 Å². The van der Waals surface area contributed by atoms with Crippen LogP contribution in [0.2, 0.25) is 0 Å². The first-order valence-corrected chi connectivity index (χ1v) is 18.4. The average Bonchev–Trinajstić information content (AvgIpc) is 3.05. The predicted octanol–water partition coefficient (Wildman–Crippen LogP) is 12.6. The van der Waals surface area contributed by atoms with Gasteiger partial charge in [0.1, 0.15) is 28.8 Å². The lowest BCUT2D eigenvalue weighted by atomic mass is 10.0. The number of hydrogen-bond acceptors (Lipinski definition) is 6. The standard InChI is InChI=1S/C40H46O6P2/c1-29(2)34-22-12-16-26-38(34)44-47(41)43-37-25-15-11-21-33(37)20-10-8-9-19-32(7)42-48(45-39-27-17-13-23-35(39)30(3)4)46-40-28-18-14-24-36(40)31(5)6/h8-31,41H,1-7H3/b9-8-,20-10+,32-19+. The SMILES string of the molecule is C\C(=C/C=C\C=C\c1ccccc1OP(O)Oc1ccccc1C(C)C)OP(Oc1ccccc1C(C)C)Oc1ccccc1C(C)C. The quantitative estimate of drug-likeness (QED) is 0.0720. The zero-order valence-electron chi connectivity index (χ0n) is 28.7. The molecule has 0 spiro atoms. The van der Waals surface area contributed by atoms with Gasteiger partial charge in [-0.25, -0.2) is 0 Å². The van der Waals surface area contributed by atoms with Crippen LogP contribution in [-0.2, 0) is 4.52 Å². The van der Waals surface area contributed by atoms with E-state index >= 15 is 0 Å². The Hall–Kier alpha value is -4.08. The lowest BCUT2D eigenvalue weighted by Gasteiger charge is -2.22. The average molecular weight is 685 g/mol. The topological polar surface area (TPSA) is 66.4 Å². The molecule has 0 fully saturated rings. The molecule has 4 aromatic carbocycles. The van der Waals surface area contributed by atoms with E-state index in [2.05, 4.69) is 53.7 Å². The fourth-order valence-corrected chi connectivity index (χ4v) is 6.56. The normalized spacial score (nSPS) is 12.8. The van der Waals surface area contributed by atoms with Crippen molar-refractivity contribution in [3.8, 4) is 23.0 Å². The molecule has 1 atom stereocenters. The Morgan fingerprint density at radius 3 is 1.46 bits per heavy atom. The number of hydrogen-bond donors (Lipinski definition) is 1. The summed E-state index contributed by atoms with van der Waals surface area (Å²) in [5.41, 5.74) is 4.00. The summed E-state index contributed by atoms with van der Waals surface area (Å²) >= 11 is 0. The Morgan fingerprint density at radius 1 is 0.542 bits per heavy atom. The van der Waals surface area contributed by atoms with Gasteiger partial charge in [0, 0.05) is 5.56 Å². The molecule has 4 rings (SSSR count). The molecule has 0 aliphatic rings. The van der Waals surface area contributed by atoms with E-state index in [1.165, 1.54) is 0 Å². The van der Waals surface area contributed by atoms with Crippen LogP contribution in [0.4, 0.5) is 0 Å². The summed E-state index contributed by atoms with van der Waals surface area (Å²) in [6.07, 6.45) is 9.45. The van der Waals surface area contributed by atoms with Gasteiger partial charge >= 0.3 is 17.2 Å². The lowest BCUT2D eigenvalue weighted by Crippen LogP contribution is -2.03. The molecule has 0 amide bonds. The van der Waals surface area contributed by atoms with Gasteiger partial charge in [0.25, 0.3) is 0 Å². The van der Waals surface area contributed by atoms with Crippen molar-refractivity contribution in [3.63, 3.8) is 0 Å². The predicted molar refractivity (Wildman–Crippen MR) is 200 cm³/mol. The minimum absolute atomic E-state index is 0.255. The zero-order valence-corrected chi connectivity index (χ0v) is 30.5. The van der Waals surface area contributed by atoms with E-state index in [-0.39, 0.29) is 17.8 Å². The zero-order chi connectivity index (χ0) is 34.5. The first kappa shape index (κ1) is 36.8. The van der Waals surface area contributed by atoms with Gasteiger partial charge in [0.2, 0.25) is 0 Å². The summed E-state index contributed by atoms with van der Waals surface area (Å²) in [6.45, 7) is 14.6. The lowest BCUT2D eigenvalue weighted by molar-refractivity contribution is 0.329. The van der Waals surface area contributed by atoms with Gasteiger partial charge in [-0.2, -0.15) is 0 Å². The van der Waals surface area contributed by atoms with Gasteiger partial charge in [-0.3, -0.25) is 0 Å². The third-order valence-electron chi connectivity index (χ3n) is 7.29. The van der Waals surface area contributed by atoms with Gasteiger partial charge < -0.3 is 27.5 Å². The second kappa shape index (κ2) is 18.5. The maximum atomic E-state index is 10.6. The summed E-state index contributed by atoms with van der Waals surface area (Å²) in [5.74, 6) is 4.09. The number of allylic oxidation sites excluding steroid dienone is 5. The minimum Gasteiger partial charge on any atom is -0.418 e. The maximum absolute atomic E-state index is 10.6. The van der Waals surface area contributed by atoms with Crippen LogP contribution in [0.15, 0.2) is 127 Å². The first-order valence-electron chi connectivity index (χ1n) is 16.2. The van der Waals surface area contributed by atoms with Crippen LogP contribution in [0, 0.1) is 0 Å². The van der Waals surface area contributed by atoms with Gasteiger partial charge in [0.15, 0.2) is 0 Å². The molecule has 1 unspecified atom stereocenters. The summed E-state index contributed by atoms with van der Waals surface area (Å²) < 4.78 is 30.7. The fourth-order valence-electron chi connectivity index (χ4n) is 4.79. The Balaban J connectivity index is 1.44. The fraction of sp³-hybridized carbons (Fsp3) is 0.250. The van der Waals surface area contributed by atoms with Gasteiger partial charge in [-0.05, 0) is 71.7 Å². The first-order chi connectivity index (χ1) is 23.1.